The molecule has 7 nitrogen and oxygen atoms in total. The number of carbonyl (C=O) groups excluding carboxylic acids is 1. The quantitative estimate of drug-likeness (QED) is 0.546. The summed E-state index contributed by atoms with van der Waals surface area (Å²) in [6.07, 6.45) is 1.44. The van der Waals surface area contributed by atoms with Crippen molar-refractivity contribution < 1.29 is 18.7 Å². The van der Waals surface area contributed by atoms with Gasteiger partial charge < -0.3 is 18.8 Å². The van der Waals surface area contributed by atoms with Crippen molar-refractivity contribution in [3.63, 3.8) is 0 Å². The molecule has 0 radical (unpaired) electrons. The van der Waals surface area contributed by atoms with Crippen LogP contribution in [0.3, 0.4) is 0 Å². The topological polar surface area (TPSA) is 68.0 Å². The van der Waals surface area contributed by atoms with Crippen LogP contribution in [0.2, 0.25) is 0 Å². The number of nitrogens with zero attached hydrogens (tertiary/aromatic N) is 3. The first kappa shape index (κ1) is 20.9. The minimum atomic E-state index is -0.161. The Morgan fingerprint density at radius 3 is 2.55 bits per heavy atom. The van der Waals surface area contributed by atoms with Gasteiger partial charge in [0, 0.05) is 26.2 Å². The largest absolute Gasteiger partial charge is 0.454 e. The fourth-order valence-corrected chi connectivity index (χ4v) is 3.47. The summed E-state index contributed by atoms with van der Waals surface area (Å²) < 4.78 is 16.5. The minimum Gasteiger partial charge on any atom is -0.454 e. The van der Waals surface area contributed by atoms with E-state index in [0.717, 1.165) is 22.6 Å². The highest BCUT2D eigenvalue weighted by molar-refractivity contribution is 5.91. The van der Waals surface area contributed by atoms with Gasteiger partial charge in [0.2, 0.25) is 12.7 Å². The molecule has 7 heteroatoms. The normalized spacial score (nSPS) is 12.5. The van der Waals surface area contributed by atoms with E-state index in [0.29, 0.717) is 31.2 Å². The van der Waals surface area contributed by atoms with Crippen molar-refractivity contribution in [3.8, 4) is 11.5 Å². The van der Waals surface area contributed by atoms with Crippen LogP contribution in [0.25, 0.3) is 0 Å². The first-order valence-corrected chi connectivity index (χ1v) is 10.4. The zero-order valence-electron chi connectivity index (χ0n) is 18.1. The first-order chi connectivity index (χ1) is 15.0. The number of carbonyl (C=O) groups is 1. The molecule has 1 aromatic heterocycles. The van der Waals surface area contributed by atoms with Crippen molar-refractivity contribution in [2.45, 2.75) is 39.5 Å². The zero-order chi connectivity index (χ0) is 21.8. The van der Waals surface area contributed by atoms with Gasteiger partial charge in [-0.3, -0.25) is 9.69 Å². The fourth-order valence-electron chi connectivity index (χ4n) is 3.47. The molecular formula is C24H27N3O4. The van der Waals surface area contributed by atoms with Gasteiger partial charge in [0.15, 0.2) is 17.2 Å². The standard InChI is InChI=1S/C24H27N3O4/c1-17(2)27(13-19-9-10-21-22(11-19)31-16-30-21)14-23-25-20(15-29-23)24(28)26(3)12-18-7-5-4-6-8-18/h4-11,15,17H,12-14,16H2,1-3H3. The molecule has 1 aliphatic heterocycles. The maximum absolute atomic E-state index is 12.7. The lowest BCUT2D eigenvalue weighted by molar-refractivity contribution is 0.0779. The fraction of sp³-hybridized carbons (Fsp3) is 0.333. The third-order valence-corrected chi connectivity index (χ3v) is 5.27. The molecule has 1 amide bonds. The molecule has 0 saturated heterocycles. The molecule has 0 spiro atoms. The van der Waals surface area contributed by atoms with Crippen LogP contribution in [0.4, 0.5) is 0 Å². The Morgan fingerprint density at radius 1 is 1.00 bits per heavy atom. The van der Waals surface area contributed by atoms with Crippen molar-refractivity contribution in [3.05, 3.63) is 77.5 Å². The number of hydrogen-bond donors (Lipinski definition) is 0. The molecule has 162 valence electrons. The molecule has 0 saturated carbocycles. The van der Waals surface area contributed by atoms with Gasteiger partial charge in [-0.05, 0) is 37.1 Å². The number of ether oxygens (including phenoxy) is 2. The highest BCUT2D eigenvalue weighted by Crippen LogP contribution is 2.33. The number of fused-ring (bicyclic) bond motifs is 1. The molecular weight excluding hydrogens is 394 g/mol. The average molecular weight is 421 g/mol. The molecule has 1 aliphatic rings. The van der Waals surface area contributed by atoms with Gasteiger partial charge in [-0.2, -0.15) is 0 Å². The molecule has 0 atom stereocenters. The van der Waals surface area contributed by atoms with E-state index in [2.05, 4.69) is 23.7 Å². The molecule has 2 heterocycles. The Morgan fingerprint density at radius 2 is 1.77 bits per heavy atom. The Labute approximate surface area is 182 Å². The highest BCUT2D eigenvalue weighted by Gasteiger charge is 2.20. The SMILES string of the molecule is CC(C)N(Cc1ccc2c(c1)OCO2)Cc1nc(C(=O)N(C)Cc2ccccc2)co1. The average Bonchev–Trinajstić information content (AvgIpc) is 3.42. The highest BCUT2D eigenvalue weighted by atomic mass is 16.7. The van der Waals surface area contributed by atoms with Crippen molar-refractivity contribution in [1.29, 1.82) is 0 Å². The van der Waals surface area contributed by atoms with Gasteiger partial charge >= 0.3 is 0 Å². The van der Waals surface area contributed by atoms with Gasteiger partial charge in [-0.1, -0.05) is 36.4 Å². The second kappa shape index (κ2) is 9.22. The van der Waals surface area contributed by atoms with E-state index >= 15 is 0 Å². The Kier molecular flexibility index (Phi) is 6.23. The van der Waals surface area contributed by atoms with Gasteiger partial charge in [-0.25, -0.2) is 4.98 Å². The summed E-state index contributed by atoms with van der Waals surface area (Å²) in [5.74, 6) is 1.90. The summed E-state index contributed by atoms with van der Waals surface area (Å²) in [6, 6.07) is 16.1. The van der Waals surface area contributed by atoms with Crippen LogP contribution in [0.15, 0.2) is 59.2 Å². The summed E-state index contributed by atoms with van der Waals surface area (Å²) in [5, 5.41) is 0. The molecule has 31 heavy (non-hydrogen) atoms. The smallest absolute Gasteiger partial charge is 0.275 e. The molecule has 0 fully saturated rings. The number of aromatic nitrogens is 1. The number of hydrogen-bond acceptors (Lipinski definition) is 6. The maximum Gasteiger partial charge on any atom is 0.275 e. The van der Waals surface area contributed by atoms with Crippen molar-refractivity contribution >= 4 is 5.91 Å². The predicted molar refractivity (Wildman–Crippen MR) is 116 cm³/mol. The van der Waals surface area contributed by atoms with Crippen LogP contribution < -0.4 is 9.47 Å². The summed E-state index contributed by atoms with van der Waals surface area (Å²) in [4.78, 5) is 21.1. The zero-order valence-corrected chi connectivity index (χ0v) is 18.1. The molecule has 0 aliphatic carbocycles. The second-order valence-electron chi connectivity index (χ2n) is 7.96. The van der Waals surface area contributed by atoms with Crippen LogP contribution in [0, 0.1) is 0 Å². The number of benzene rings is 2. The van der Waals surface area contributed by atoms with Gasteiger partial charge in [-0.15, -0.1) is 0 Å². The lowest BCUT2D eigenvalue weighted by atomic mass is 10.1. The van der Waals surface area contributed by atoms with E-state index in [-0.39, 0.29) is 18.7 Å². The van der Waals surface area contributed by atoms with E-state index in [4.69, 9.17) is 13.9 Å². The Balaban J connectivity index is 1.40. The molecule has 4 rings (SSSR count). The van der Waals surface area contributed by atoms with Crippen molar-refractivity contribution in [2.24, 2.45) is 0 Å². The van der Waals surface area contributed by atoms with E-state index in [1.807, 2.05) is 48.5 Å². The van der Waals surface area contributed by atoms with E-state index < -0.39 is 0 Å². The third-order valence-electron chi connectivity index (χ3n) is 5.27. The summed E-state index contributed by atoms with van der Waals surface area (Å²) in [5.41, 5.74) is 2.50. The molecule has 0 N–H and O–H groups in total. The van der Waals surface area contributed by atoms with E-state index in [1.165, 1.54) is 6.26 Å². The lowest BCUT2D eigenvalue weighted by Crippen LogP contribution is -2.30. The Hall–Kier alpha value is -3.32. The van der Waals surface area contributed by atoms with Gasteiger partial charge in [0.25, 0.3) is 5.91 Å². The number of amides is 1. The maximum atomic E-state index is 12.7. The number of rotatable bonds is 8. The summed E-state index contributed by atoms with van der Waals surface area (Å²) >= 11 is 0. The predicted octanol–water partition coefficient (Wildman–Crippen LogP) is 4.09. The third kappa shape index (κ3) is 5.06. The Bertz CT molecular complexity index is 1030. The second-order valence-corrected chi connectivity index (χ2v) is 7.96. The van der Waals surface area contributed by atoms with Crippen LogP contribution in [0.1, 0.15) is 41.4 Å². The molecule has 0 bridgehead atoms. The van der Waals surface area contributed by atoms with E-state index in [1.54, 1.807) is 11.9 Å². The first-order valence-electron chi connectivity index (χ1n) is 10.4. The summed E-state index contributed by atoms with van der Waals surface area (Å²) in [7, 11) is 1.77. The number of oxazole rings is 1. The molecule has 3 aromatic rings. The van der Waals surface area contributed by atoms with E-state index in [9.17, 15) is 4.79 Å². The van der Waals surface area contributed by atoms with Gasteiger partial charge in [0.05, 0.1) is 6.54 Å². The van der Waals surface area contributed by atoms with Crippen LogP contribution in [0.5, 0.6) is 11.5 Å². The van der Waals surface area contributed by atoms with Crippen molar-refractivity contribution in [2.75, 3.05) is 13.8 Å². The van der Waals surface area contributed by atoms with Crippen LogP contribution >= 0.6 is 0 Å². The van der Waals surface area contributed by atoms with Crippen LogP contribution in [-0.2, 0) is 19.6 Å². The van der Waals surface area contributed by atoms with Gasteiger partial charge in [0.1, 0.15) is 6.26 Å². The lowest BCUT2D eigenvalue weighted by Gasteiger charge is -2.25. The minimum absolute atomic E-state index is 0.161. The monoisotopic (exact) mass is 421 g/mol. The summed E-state index contributed by atoms with van der Waals surface area (Å²) in [6.45, 7) is 6.23. The van der Waals surface area contributed by atoms with Crippen LogP contribution in [-0.4, -0.2) is 40.6 Å². The molecule has 0 unspecified atom stereocenters. The molecule has 2 aromatic carbocycles. The van der Waals surface area contributed by atoms with Crippen molar-refractivity contribution in [1.82, 2.24) is 14.8 Å².